The van der Waals surface area contributed by atoms with E-state index in [-0.39, 0.29) is 5.78 Å². The van der Waals surface area contributed by atoms with Crippen LogP contribution in [-0.4, -0.2) is 66.5 Å². The number of anilines is 3. The highest BCUT2D eigenvalue weighted by molar-refractivity contribution is 5.88. The summed E-state index contributed by atoms with van der Waals surface area (Å²) in [6.45, 7) is 9.12. The van der Waals surface area contributed by atoms with E-state index in [1.165, 1.54) is 0 Å². The van der Waals surface area contributed by atoms with Gasteiger partial charge in [-0.25, -0.2) is 14.6 Å². The third-order valence-corrected chi connectivity index (χ3v) is 7.23. The first-order chi connectivity index (χ1) is 18.7. The number of piperidine rings is 1. The summed E-state index contributed by atoms with van der Waals surface area (Å²) in [7, 11) is 1.63. The van der Waals surface area contributed by atoms with Crippen LogP contribution in [0.2, 0.25) is 0 Å². The lowest BCUT2D eigenvalue weighted by atomic mass is 9.84. The third-order valence-electron chi connectivity index (χ3n) is 7.23. The predicted octanol–water partition coefficient (Wildman–Crippen LogP) is 3.94. The minimum atomic E-state index is -0.801. The van der Waals surface area contributed by atoms with Crippen LogP contribution < -0.4 is 10.2 Å². The maximum absolute atomic E-state index is 13.4. The Balaban J connectivity index is 1.19. The van der Waals surface area contributed by atoms with Crippen LogP contribution in [0.3, 0.4) is 0 Å². The predicted molar refractivity (Wildman–Crippen MR) is 149 cm³/mol. The van der Waals surface area contributed by atoms with E-state index < -0.39 is 5.60 Å². The van der Waals surface area contributed by atoms with Crippen molar-refractivity contribution in [3.05, 3.63) is 64.9 Å². The molecule has 1 saturated heterocycles. The van der Waals surface area contributed by atoms with E-state index in [1.807, 2.05) is 68.9 Å². The average Bonchev–Trinajstić information content (AvgIpc) is 3.50. The topological polar surface area (TPSA) is 127 Å². The molecule has 5 rings (SSSR count). The van der Waals surface area contributed by atoms with Crippen LogP contribution >= 0.6 is 0 Å². The Labute approximate surface area is 228 Å². The number of aromatic nitrogens is 7. The second-order valence-electron chi connectivity index (χ2n) is 10.2. The average molecular weight is 530 g/mol. The lowest BCUT2D eigenvalue weighted by Crippen LogP contribution is -2.51. The Morgan fingerprint density at radius 2 is 1.85 bits per heavy atom. The fourth-order valence-corrected chi connectivity index (χ4v) is 5.07. The Bertz CT molecular complexity index is 1450. The van der Waals surface area contributed by atoms with Crippen molar-refractivity contribution in [1.29, 1.82) is 0 Å². The SMILES string of the molecule is COC1(C(=O)CCc2ccc(-n3nc(C)cc3C)nc2)CCN(c2nc(C)cc(Nc3cc(C)[nH]n3)n2)CC1. The summed E-state index contributed by atoms with van der Waals surface area (Å²) in [6, 6.07) is 9.79. The Morgan fingerprint density at radius 3 is 2.46 bits per heavy atom. The number of methoxy groups -OCH3 is 1. The number of rotatable bonds is 9. The first-order valence-electron chi connectivity index (χ1n) is 13.2. The summed E-state index contributed by atoms with van der Waals surface area (Å²) in [4.78, 5) is 29.4. The number of aromatic amines is 1. The summed E-state index contributed by atoms with van der Waals surface area (Å²) >= 11 is 0. The molecule has 0 unspecified atom stereocenters. The van der Waals surface area contributed by atoms with Gasteiger partial charge in [-0.3, -0.25) is 9.89 Å². The Morgan fingerprint density at radius 1 is 1.05 bits per heavy atom. The summed E-state index contributed by atoms with van der Waals surface area (Å²) in [5, 5.41) is 14.9. The molecule has 1 fully saturated rings. The van der Waals surface area contributed by atoms with Gasteiger partial charge in [0.2, 0.25) is 5.95 Å². The van der Waals surface area contributed by atoms with Gasteiger partial charge < -0.3 is 15.0 Å². The number of hydrogen-bond donors (Lipinski definition) is 2. The number of ketones is 1. The number of aryl methyl sites for hydroxylation is 5. The van der Waals surface area contributed by atoms with E-state index in [0.717, 1.165) is 34.2 Å². The van der Waals surface area contributed by atoms with Crippen molar-refractivity contribution in [2.75, 3.05) is 30.4 Å². The number of carbonyl (C=O) groups excluding carboxylic acids is 1. The van der Waals surface area contributed by atoms with Crippen molar-refractivity contribution in [3.8, 4) is 5.82 Å². The van der Waals surface area contributed by atoms with Gasteiger partial charge in [-0.15, -0.1) is 0 Å². The zero-order valence-electron chi connectivity index (χ0n) is 23.2. The molecule has 1 aliphatic heterocycles. The third kappa shape index (κ3) is 5.83. The van der Waals surface area contributed by atoms with Gasteiger partial charge in [0.05, 0.1) is 5.69 Å². The van der Waals surface area contributed by atoms with Crippen LogP contribution in [0.1, 0.15) is 47.6 Å². The van der Waals surface area contributed by atoms with Crippen molar-refractivity contribution in [1.82, 2.24) is 34.9 Å². The molecule has 0 aliphatic carbocycles. The minimum Gasteiger partial charge on any atom is -0.370 e. The van der Waals surface area contributed by atoms with Crippen molar-refractivity contribution in [2.24, 2.45) is 0 Å². The molecule has 11 nitrogen and oxygen atoms in total. The van der Waals surface area contributed by atoms with E-state index >= 15 is 0 Å². The second-order valence-corrected chi connectivity index (χ2v) is 10.2. The van der Waals surface area contributed by atoms with E-state index in [4.69, 9.17) is 9.72 Å². The van der Waals surface area contributed by atoms with E-state index in [2.05, 4.69) is 35.5 Å². The van der Waals surface area contributed by atoms with Crippen molar-refractivity contribution < 1.29 is 9.53 Å². The highest BCUT2D eigenvalue weighted by Crippen LogP contribution is 2.31. The molecule has 39 heavy (non-hydrogen) atoms. The number of carbonyl (C=O) groups is 1. The Hall–Kier alpha value is -4.12. The molecule has 0 bridgehead atoms. The molecule has 4 aromatic heterocycles. The number of nitrogens with one attached hydrogen (secondary N) is 2. The summed E-state index contributed by atoms with van der Waals surface area (Å²) in [5.41, 5.74) is 4.02. The molecule has 0 radical (unpaired) electrons. The molecular formula is C28H35N9O2. The van der Waals surface area contributed by atoms with Crippen LogP contribution in [-0.2, 0) is 16.0 Å². The molecule has 204 valence electrons. The quantitative estimate of drug-likeness (QED) is 0.331. The smallest absolute Gasteiger partial charge is 0.227 e. The molecule has 5 heterocycles. The van der Waals surface area contributed by atoms with Crippen molar-refractivity contribution >= 4 is 23.4 Å². The zero-order chi connectivity index (χ0) is 27.6. The normalized spacial score (nSPS) is 14.9. The number of hydrogen-bond acceptors (Lipinski definition) is 9. The molecule has 11 heteroatoms. The summed E-state index contributed by atoms with van der Waals surface area (Å²) < 4.78 is 7.69. The molecule has 0 atom stereocenters. The van der Waals surface area contributed by atoms with Crippen molar-refractivity contribution in [2.45, 2.75) is 59.0 Å². The molecule has 0 amide bonds. The molecule has 0 spiro atoms. The minimum absolute atomic E-state index is 0.119. The molecule has 0 aromatic carbocycles. The zero-order valence-corrected chi connectivity index (χ0v) is 23.2. The molecule has 0 saturated carbocycles. The van der Waals surface area contributed by atoms with Crippen LogP contribution in [0, 0.1) is 27.7 Å². The highest BCUT2D eigenvalue weighted by Gasteiger charge is 2.41. The first-order valence-corrected chi connectivity index (χ1v) is 13.2. The fraction of sp³-hybridized carbons (Fsp3) is 0.429. The van der Waals surface area contributed by atoms with Gasteiger partial charge in [-0.05, 0) is 51.8 Å². The fourth-order valence-electron chi connectivity index (χ4n) is 5.07. The number of nitrogens with zero attached hydrogens (tertiary/aromatic N) is 7. The molecule has 4 aromatic rings. The van der Waals surface area contributed by atoms with Gasteiger partial charge in [0, 0.05) is 74.9 Å². The summed E-state index contributed by atoms with van der Waals surface area (Å²) in [6.07, 6.45) is 3.99. The van der Waals surface area contributed by atoms with Gasteiger partial charge in [0.1, 0.15) is 11.4 Å². The van der Waals surface area contributed by atoms with Gasteiger partial charge in [0.25, 0.3) is 0 Å². The largest absolute Gasteiger partial charge is 0.370 e. The van der Waals surface area contributed by atoms with Crippen LogP contribution in [0.4, 0.5) is 17.6 Å². The standard InChI is InChI=1S/C28H35N9O2/c1-18-15-24(31-25-16-19(2)33-34-25)32-27(30-18)36-12-10-28(39-5,11-13-36)23(38)8-6-22-7-9-26(29-17-22)37-21(4)14-20(3)35-37/h7,9,14-17H,6,8,10-13H2,1-5H3,(H2,30,31,32,33,34). The lowest BCUT2D eigenvalue weighted by Gasteiger charge is -2.39. The van der Waals surface area contributed by atoms with Crippen LogP contribution in [0.25, 0.3) is 5.82 Å². The molecule has 1 aliphatic rings. The highest BCUT2D eigenvalue weighted by atomic mass is 16.5. The number of ether oxygens (including phenoxy) is 1. The van der Waals surface area contributed by atoms with Crippen molar-refractivity contribution in [3.63, 3.8) is 0 Å². The first kappa shape index (κ1) is 26.5. The van der Waals surface area contributed by atoms with Gasteiger partial charge >= 0.3 is 0 Å². The monoisotopic (exact) mass is 529 g/mol. The summed E-state index contributed by atoms with van der Waals surface area (Å²) in [5.74, 6) is 2.91. The van der Waals surface area contributed by atoms with Gasteiger partial charge in [-0.1, -0.05) is 6.07 Å². The Kier molecular flexibility index (Phi) is 7.42. The van der Waals surface area contributed by atoms with Gasteiger partial charge in [0.15, 0.2) is 17.4 Å². The van der Waals surface area contributed by atoms with Gasteiger partial charge in [-0.2, -0.15) is 15.2 Å². The number of H-pyrrole nitrogens is 1. The van der Waals surface area contributed by atoms with Crippen LogP contribution in [0.5, 0.6) is 0 Å². The van der Waals surface area contributed by atoms with E-state index in [1.54, 1.807) is 7.11 Å². The van der Waals surface area contributed by atoms with E-state index in [9.17, 15) is 4.79 Å². The maximum Gasteiger partial charge on any atom is 0.227 e. The lowest BCUT2D eigenvalue weighted by molar-refractivity contribution is -0.143. The van der Waals surface area contributed by atoms with Crippen LogP contribution in [0.15, 0.2) is 36.5 Å². The number of pyridine rings is 1. The maximum atomic E-state index is 13.4. The van der Waals surface area contributed by atoms with E-state index in [0.29, 0.717) is 56.4 Å². The molecular weight excluding hydrogens is 494 g/mol. The molecule has 2 N–H and O–H groups in total. The second kappa shape index (κ2) is 10.9. The number of Topliss-reactive ketones (excluding diaryl/α,β-unsaturated/α-hetero) is 1.